The van der Waals surface area contributed by atoms with Crippen LogP contribution in [0.5, 0.6) is 0 Å². The van der Waals surface area contributed by atoms with Crippen LogP contribution in [0.2, 0.25) is 0 Å². The smallest absolute Gasteiger partial charge is 0.337 e. The fraction of sp³-hybridized carbons (Fsp3) is 0.500. The summed E-state index contributed by atoms with van der Waals surface area (Å²) < 4.78 is 4.70. The molecule has 0 radical (unpaired) electrons. The Morgan fingerprint density at radius 2 is 2.05 bits per heavy atom. The van der Waals surface area contributed by atoms with E-state index in [-0.39, 0.29) is 11.9 Å². The number of carbonyl (C=O) groups excluding carboxylic acids is 2. The van der Waals surface area contributed by atoms with E-state index in [4.69, 9.17) is 10.5 Å². The fourth-order valence-electron chi connectivity index (χ4n) is 2.51. The Morgan fingerprint density at radius 3 is 2.68 bits per heavy atom. The summed E-state index contributed by atoms with van der Waals surface area (Å²) in [5.41, 5.74) is 7.83. The van der Waals surface area contributed by atoms with Crippen molar-refractivity contribution in [2.75, 3.05) is 32.1 Å². The van der Waals surface area contributed by atoms with Crippen LogP contribution in [0, 0.1) is 6.92 Å². The summed E-state index contributed by atoms with van der Waals surface area (Å²) in [6.45, 7) is 3.91. The number of rotatable bonds is 4. The summed E-state index contributed by atoms with van der Waals surface area (Å²) in [6.07, 6.45) is 1.84. The average molecular weight is 305 g/mol. The first-order valence-electron chi connectivity index (χ1n) is 7.46. The van der Waals surface area contributed by atoms with Gasteiger partial charge in [0, 0.05) is 24.8 Å². The molecule has 120 valence electrons. The van der Waals surface area contributed by atoms with Crippen LogP contribution in [0.15, 0.2) is 18.2 Å². The highest BCUT2D eigenvalue weighted by molar-refractivity contribution is 5.96. The first-order valence-corrected chi connectivity index (χ1v) is 7.46. The lowest BCUT2D eigenvalue weighted by molar-refractivity contribution is -0.117. The maximum Gasteiger partial charge on any atom is 0.337 e. The van der Waals surface area contributed by atoms with E-state index in [0.717, 1.165) is 31.5 Å². The van der Waals surface area contributed by atoms with E-state index < -0.39 is 5.97 Å². The zero-order valence-corrected chi connectivity index (χ0v) is 13.1. The Hall–Kier alpha value is -1.92. The molecule has 0 atom stereocenters. The van der Waals surface area contributed by atoms with Crippen molar-refractivity contribution in [2.45, 2.75) is 25.8 Å². The number of amides is 1. The Bertz CT molecular complexity index is 552. The molecule has 2 rings (SSSR count). The minimum atomic E-state index is -0.416. The zero-order valence-electron chi connectivity index (χ0n) is 13.1. The van der Waals surface area contributed by atoms with Gasteiger partial charge in [-0.15, -0.1) is 0 Å². The van der Waals surface area contributed by atoms with E-state index in [9.17, 15) is 9.59 Å². The number of anilines is 1. The molecule has 6 heteroatoms. The quantitative estimate of drug-likeness (QED) is 0.815. The molecule has 0 aliphatic carbocycles. The molecule has 1 aliphatic rings. The number of benzene rings is 1. The monoisotopic (exact) mass is 305 g/mol. The maximum atomic E-state index is 12.2. The molecule has 3 N–H and O–H groups in total. The molecule has 0 spiro atoms. The summed E-state index contributed by atoms with van der Waals surface area (Å²) in [7, 11) is 1.33. The van der Waals surface area contributed by atoms with E-state index in [1.165, 1.54) is 7.11 Å². The van der Waals surface area contributed by atoms with Crippen molar-refractivity contribution in [3.63, 3.8) is 0 Å². The zero-order chi connectivity index (χ0) is 16.1. The molecule has 1 amide bonds. The molecule has 0 unspecified atom stereocenters. The molecule has 1 aliphatic heterocycles. The molecular formula is C16H23N3O3. The number of hydrogen-bond acceptors (Lipinski definition) is 5. The molecular weight excluding hydrogens is 282 g/mol. The number of nitrogens with two attached hydrogens (primary N) is 1. The number of methoxy groups -OCH3 is 1. The van der Waals surface area contributed by atoms with Crippen molar-refractivity contribution >= 4 is 17.6 Å². The number of piperidine rings is 1. The van der Waals surface area contributed by atoms with Gasteiger partial charge in [-0.25, -0.2) is 4.79 Å². The molecule has 0 saturated carbocycles. The van der Waals surface area contributed by atoms with Crippen LogP contribution in [0.1, 0.15) is 28.8 Å². The topological polar surface area (TPSA) is 84.7 Å². The number of carbonyl (C=O) groups is 2. The van der Waals surface area contributed by atoms with Gasteiger partial charge in [0.1, 0.15) is 0 Å². The Morgan fingerprint density at radius 1 is 1.36 bits per heavy atom. The molecule has 1 heterocycles. The summed E-state index contributed by atoms with van der Waals surface area (Å²) in [6, 6.07) is 5.37. The van der Waals surface area contributed by atoms with Gasteiger partial charge < -0.3 is 15.8 Å². The summed E-state index contributed by atoms with van der Waals surface area (Å²) in [5, 5.41) is 2.87. The number of hydrogen-bond donors (Lipinski definition) is 2. The Balaban J connectivity index is 1.97. The van der Waals surface area contributed by atoms with Gasteiger partial charge in [0.05, 0.1) is 19.2 Å². The van der Waals surface area contributed by atoms with E-state index in [1.54, 1.807) is 18.2 Å². The van der Waals surface area contributed by atoms with Crippen molar-refractivity contribution in [1.82, 2.24) is 4.90 Å². The lowest BCUT2D eigenvalue weighted by Gasteiger charge is -2.29. The average Bonchev–Trinajstić information content (AvgIpc) is 2.51. The number of likely N-dealkylation sites (tertiary alicyclic amines) is 1. The second kappa shape index (κ2) is 7.38. The third kappa shape index (κ3) is 4.29. The summed E-state index contributed by atoms with van der Waals surface area (Å²) in [5.74, 6) is -0.499. The standard InChI is InChI=1S/C16H23N3O3/c1-11-3-4-12(16(21)22-2)9-14(11)18-15(20)10-19-7-5-13(17)6-8-19/h3-4,9,13H,5-8,10,17H2,1-2H3,(H,18,20). The highest BCUT2D eigenvalue weighted by atomic mass is 16.5. The number of esters is 1. The van der Waals surface area contributed by atoms with Crippen molar-refractivity contribution < 1.29 is 14.3 Å². The molecule has 1 saturated heterocycles. The summed E-state index contributed by atoms with van der Waals surface area (Å²) >= 11 is 0. The van der Waals surface area contributed by atoms with Crippen molar-refractivity contribution in [2.24, 2.45) is 5.73 Å². The minimum Gasteiger partial charge on any atom is -0.465 e. The van der Waals surface area contributed by atoms with E-state index >= 15 is 0 Å². The van der Waals surface area contributed by atoms with Crippen molar-refractivity contribution in [1.29, 1.82) is 0 Å². The van der Waals surface area contributed by atoms with Gasteiger partial charge in [-0.2, -0.15) is 0 Å². The molecule has 0 aromatic heterocycles. The van der Waals surface area contributed by atoms with Gasteiger partial charge in [0.15, 0.2) is 0 Å². The van der Waals surface area contributed by atoms with Crippen LogP contribution in [-0.4, -0.2) is 49.6 Å². The highest BCUT2D eigenvalue weighted by Gasteiger charge is 2.18. The number of nitrogens with zero attached hydrogens (tertiary/aromatic N) is 1. The van der Waals surface area contributed by atoms with Gasteiger partial charge in [0.2, 0.25) is 5.91 Å². The van der Waals surface area contributed by atoms with Crippen LogP contribution in [0.25, 0.3) is 0 Å². The lowest BCUT2D eigenvalue weighted by atomic mass is 10.1. The number of aryl methyl sites for hydroxylation is 1. The minimum absolute atomic E-state index is 0.0828. The second-order valence-corrected chi connectivity index (χ2v) is 5.68. The lowest BCUT2D eigenvalue weighted by Crippen LogP contribution is -2.43. The van der Waals surface area contributed by atoms with Gasteiger partial charge in [-0.05, 0) is 37.5 Å². The molecule has 1 aromatic carbocycles. The van der Waals surface area contributed by atoms with Gasteiger partial charge >= 0.3 is 5.97 Å². The van der Waals surface area contributed by atoms with Crippen molar-refractivity contribution in [3.8, 4) is 0 Å². The predicted octanol–water partition coefficient (Wildman–Crippen LogP) is 1.14. The third-order valence-corrected chi connectivity index (χ3v) is 3.93. The summed E-state index contributed by atoms with van der Waals surface area (Å²) in [4.78, 5) is 25.8. The van der Waals surface area contributed by atoms with Crippen molar-refractivity contribution in [3.05, 3.63) is 29.3 Å². The van der Waals surface area contributed by atoms with Crippen LogP contribution < -0.4 is 11.1 Å². The SMILES string of the molecule is COC(=O)c1ccc(C)c(NC(=O)CN2CCC(N)CC2)c1. The normalized spacial score (nSPS) is 16.3. The number of ether oxygens (including phenoxy) is 1. The Kier molecular flexibility index (Phi) is 5.51. The molecule has 1 fully saturated rings. The van der Waals surface area contributed by atoms with Crippen LogP contribution in [0.3, 0.4) is 0 Å². The highest BCUT2D eigenvalue weighted by Crippen LogP contribution is 2.18. The first kappa shape index (κ1) is 16.5. The van der Waals surface area contributed by atoms with E-state index in [0.29, 0.717) is 17.8 Å². The number of nitrogens with one attached hydrogen (secondary N) is 1. The van der Waals surface area contributed by atoms with Crippen LogP contribution in [0.4, 0.5) is 5.69 Å². The Labute approximate surface area is 130 Å². The predicted molar refractivity (Wildman–Crippen MR) is 84.8 cm³/mol. The molecule has 1 aromatic rings. The molecule has 6 nitrogen and oxygen atoms in total. The maximum absolute atomic E-state index is 12.2. The molecule has 0 bridgehead atoms. The second-order valence-electron chi connectivity index (χ2n) is 5.68. The van der Waals surface area contributed by atoms with Crippen LogP contribution in [-0.2, 0) is 9.53 Å². The fourth-order valence-corrected chi connectivity index (χ4v) is 2.51. The van der Waals surface area contributed by atoms with Crippen LogP contribution >= 0.6 is 0 Å². The largest absolute Gasteiger partial charge is 0.465 e. The van der Waals surface area contributed by atoms with Gasteiger partial charge in [0.25, 0.3) is 0 Å². The van der Waals surface area contributed by atoms with Gasteiger partial charge in [-0.1, -0.05) is 6.07 Å². The first-order chi connectivity index (χ1) is 10.5. The van der Waals surface area contributed by atoms with E-state index in [1.807, 2.05) is 6.92 Å². The van der Waals surface area contributed by atoms with Gasteiger partial charge in [-0.3, -0.25) is 9.69 Å². The van der Waals surface area contributed by atoms with E-state index in [2.05, 4.69) is 10.2 Å². The third-order valence-electron chi connectivity index (χ3n) is 3.93. The molecule has 22 heavy (non-hydrogen) atoms.